The van der Waals surface area contributed by atoms with E-state index in [1.54, 1.807) is 0 Å². The van der Waals surface area contributed by atoms with Crippen LogP contribution in [-0.4, -0.2) is 50.2 Å². The third-order valence-corrected chi connectivity index (χ3v) is 37.3. The number of hydrogen-bond acceptors (Lipinski definition) is 14. The first-order chi connectivity index (χ1) is 29.1. The van der Waals surface area contributed by atoms with Crippen LogP contribution >= 0.6 is 22.8 Å². The molecular weight excluding hydrogens is 1320 g/mol. The molecule has 0 aliphatic carbocycles. The van der Waals surface area contributed by atoms with Crippen molar-refractivity contribution in [2.45, 2.75) is 209 Å². The van der Waals surface area contributed by atoms with Gasteiger partial charge in [0.15, 0.2) is 12.5 Å². The summed E-state index contributed by atoms with van der Waals surface area (Å²) in [6.07, 6.45) is 26.1. The Bertz CT molecular complexity index is 996. The average Bonchev–Trinajstić information content (AvgIpc) is 3.19. The minimum absolute atomic E-state index is 0. The van der Waals surface area contributed by atoms with Gasteiger partial charge in [-0.3, -0.25) is 0 Å². The minimum atomic E-state index is -3.50. The number of rotatable bonds is 32. The molecule has 0 fully saturated rings. The van der Waals surface area contributed by atoms with Crippen LogP contribution in [0.3, 0.4) is 0 Å². The molecule has 9 nitrogen and oxygen atoms in total. The molecule has 0 amide bonds. The smallest absolute Gasteiger partial charge is 0.854 e. The van der Waals surface area contributed by atoms with Gasteiger partial charge in [0, 0.05) is 0 Å². The van der Waals surface area contributed by atoms with Crippen molar-refractivity contribution in [3.8, 4) is 0 Å². The molecule has 394 valence electrons. The summed E-state index contributed by atoms with van der Waals surface area (Å²) in [5.74, 6) is 6.35. The van der Waals surface area contributed by atoms with Crippen LogP contribution < -0.4 is 39.1 Å². The molecule has 0 spiro atoms. The Hall–Kier alpha value is 6.28. The van der Waals surface area contributed by atoms with Crippen molar-refractivity contribution in [1.29, 1.82) is 0 Å². The molecular formula is C40H88Mo3O9P4S9. The second kappa shape index (κ2) is 61.1. The normalized spacial score (nSPS) is 11.5. The van der Waals surface area contributed by atoms with E-state index in [4.69, 9.17) is 4.21 Å². The fourth-order valence-electron chi connectivity index (χ4n) is 5.45. The molecule has 0 rings (SSSR count). The van der Waals surface area contributed by atoms with Crippen LogP contribution in [-0.2, 0) is 165 Å². The summed E-state index contributed by atoms with van der Waals surface area (Å²) in [7, 11) is -2.12. The van der Waals surface area contributed by atoms with Gasteiger partial charge in [0.25, 0.3) is 0 Å². The van der Waals surface area contributed by atoms with Gasteiger partial charge >= 0.3 is 63.2 Å². The maximum Gasteiger partial charge on any atom is 4.00 e. The van der Waals surface area contributed by atoms with E-state index in [1.807, 2.05) is 0 Å². The summed E-state index contributed by atoms with van der Waals surface area (Å²) in [5, 5.41) is 0. The van der Waals surface area contributed by atoms with Crippen LogP contribution in [0.1, 0.15) is 209 Å². The monoisotopic (exact) mass is 1420 g/mol. The van der Waals surface area contributed by atoms with Gasteiger partial charge in [-0.05, 0) is 97.4 Å². The van der Waals surface area contributed by atoms with E-state index in [1.165, 1.54) is 0 Å². The standard InChI is InChI=1S/4C10H22O2PS2.3Mo.OS/c4*1-3-5-7-9-15(13(11,12)14)10-8-6-4-2;;;;1-2/h4*3-10H2,1-2H3;;;;/q4*-3;3*+4;. The van der Waals surface area contributed by atoms with E-state index in [0.717, 1.165) is 200 Å². The van der Waals surface area contributed by atoms with Gasteiger partial charge in [-0.2, -0.15) is 4.21 Å². The van der Waals surface area contributed by atoms with E-state index in [-0.39, 0.29) is 63.2 Å². The van der Waals surface area contributed by atoms with Gasteiger partial charge in [-0.25, -0.2) is 40.3 Å². The summed E-state index contributed by atoms with van der Waals surface area (Å²) in [5.41, 5.74) is -14.0. The van der Waals surface area contributed by atoms with Crippen LogP contribution in [0.2, 0.25) is 0 Å². The molecule has 0 heterocycles. The quantitative estimate of drug-likeness (QED) is 0.0280. The molecule has 25 heteroatoms. The van der Waals surface area contributed by atoms with E-state index in [0.29, 0.717) is 0 Å². The van der Waals surface area contributed by atoms with Crippen molar-refractivity contribution in [3.63, 3.8) is 0 Å². The minimum Gasteiger partial charge on any atom is -0.854 e. The summed E-state index contributed by atoms with van der Waals surface area (Å²) in [6, 6.07) is 0. The second-order valence-electron chi connectivity index (χ2n) is 14.9. The fraction of sp³-hybridized carbons (Fsp3) is 1.00. The van der Waals surface area contributed by atoms with Crippen LogP contribution in [0.5, 0.6) is 0 Å². The van der Waals surface area contributed by atoms with Gasteiger partial charge in [0.2, 0.25) is 0 Å². The Morgan fingerprint density at radius 1 is 0.277 bits per heavy atom. The SMILES string of the molecule is CCCCCS(CCCCC)=P([O-])([O-])[S-].CCCCCS(CCCCC)=P([O-])([O-])[S-].CCCCCS(CCCCC)=P([O-])([O-])[S-].CCCCCS(CCCCC)=P([O-])([O-])[S-].O=S.[Mo+4].[Mo+4].[Mo+4]. The van der Waals surface area contributed by atoms with Crippen molar-refractivity contribution < 1.29 is 107 Å². The maximum absolute atomic E-state index is 11.4. The van der Waals surface area contributed by atoms with Crippen LogP contribution in [0, 0.1) is 0 Å². The molecule has 0 aromatic rings. The molecule has 0 aromatic carbocycles. The van der Waals surface area contributed by atoms with E-state index in [9.17, 15) is 39.1 Å². The van der Waals surface area contributed by atoms with Crippen molar-refractivity contribution >= 4 is 125 Å². The maximum atomic E-state index is 11.4. The molecule has 0 aliphatic heterocycles. The third-order valence-electron chi connectivity index (χ3n) is 9.13. The van der Waals surface area contributed by atoms with Crippen molar-refractivity contribution in [3.05, 3.63) is 0 Å². The van der Waals surface area contributed by atoms with Gasteiger partial charge in [-0.1, -0.05) is 158 Å². The molecule has 0 aromatic heterocycles. The first-order valence-electron chi connectivity index (χ1n) is 23.1. The van der Waals surface area contributed by atoms with Crippen molar-refractivity contribution in [2.24, 2.45) is 0 Å². The van der Waals surface area contributed by atoms with Crippen molar-refractivity contribution in [2.75, 3.05) is 46.0 Å². The zero-order chi connectivity index (χ0) is 48.9. The largest absolute Gasteiger partial charge is 4.00 e. The summed E-state index contributed by atoms with van der Waals surface area (Å²) >= 11 is 21.3. The Balaban J connectivity index is -0.000000108. The van der Waals surface area contributed by atoms with Crippen LogP contribution in [0.4, 0.5) is 0 Å². The summed E-state index contributed by atoms with van der Waals surface area (Å²) in [4.78, 5) is 91.0. The van der Waals surface area contributed by atoms with E-state index < -0.39 is 63.1 Å². The Morgan fingerprint density at radius 3 is 0.431 bits per heavy atom. The number of unbranched alkanes of at least 4 members (excludes halogenated alkanes) is 16. The first kappa shape index (κ1) is 87.9. The van der Waals surface area contributed by atoms with Gasteiger partial charge < -0.3 is 111 Å². The summed E-state index contributed by atoms with van der Waals surface area (Å²) < 4.78 is 7.83. The van der Waals surface area contributed by atoms with Crippen LogP contribution in [0.15, 0.2) is 0 Å². The predicted octanol–water partition coefficient (Wildman–Crippen LogP) is 7.38. The predicted molar refractivity (Wildman–Crippen MR) is 290 cm³/mol. The van der Waals surface area contributed by atoms with Gasteiger partial charge in [0.05, 0.1) is 0 Å². The average molecular weight is 1410 g/mol. The molecule has 0 aliphatic rings. The fourth-order valence-corrected chi connectivity index (χ4v) is 26.2. The molecule has 0 unspecified atom stereocenters. The van der Waals surface area contributed by atoms with Crippen LogP contribution in [0.25, 0.3) is 0 Å². The van der Waals surface area contributed by atoms with Crippen molar-refractivity contribution in [1.82, 2.24) is 0 Å². The van der Waals surface area contributed by atoms with E-state index >= 15 is 0 Å². The van der Waals surface area contributed by atoms with Gasteiger partial charge in [-0.15, -0.1) is 0 Å². The Labute approximate surface area is 480 Å². The molecule has 0 radical (unpaired) electrons. The zero-order valence-electron chi connectivity index (χ0n) is 41.0. The third kappa shape index (κ3) is 66.3. The topological polar surface area (TPSA) is 202 Å². The number of hydrogen-bond donors (Lipinski definition) is 0. The molecule has 0 bridgehead atoms. The van der Waals surface area contributed by atoms with Gasteiger partial charge in [0.1, 0.15) is 0 Å². The first-order valence-corrected chi connectivity index (χ1v) is 42.6. The molecule has 0 saturated heterocycles. The zero-order valence-corrected chi connectivity index (χ0v) is 57.9. The van der Waals surface area contributed by atoms with E-state index in [2.05, 4.69) is 117 Å². The molecule has 0 saturated carbocycles. The second-order valence-corrected chi connectivity index (χ2v) is 46.0. The Kier molecular flexibility index (Phi) is 82.7. The summed E-state index contributed by atoms with van der Waals surface area (Å²) in [6.45, 7) is 17.0. The molecule has 0 atom stereocenters. The Morgan fingerprint density at radius 2 is 0.369 bits per heavy atom. The molecule has 65 heavy (non-hydrogen) atoms. The molecule has 0 N–H and O–H groups in total.